The molecule has 0 aliphatic rings. The van der Waals surface area contributed by atoms with E-state index in [1.165, 1.54) is 12.0 Å². The normalized spacial score (nSPS) is 10.1. The molecule has 0 spiro atoms. The topological polar surface area (TPSA) is 49.9 Å². The molecule has 0 unspecified atom stereocenters. The van der Waals surface area contributed by atoms with Gasteiger partial charge in [0.1, 0.15) is 6.54 Å². The van der Waals surface area contributed by atoms with Crippen LogP contribution < -0.4 is 0 Å². The number of ether oxygens (including phenoxy) is 1. The fourth-order valence-electron chi connectivity index (χ4n) is 0.856. The van der Waals surface area contributed by atoms with Crippen LogP contribution in [0.2, 0.25) is 0 Å². The van der Waals surface area contributed by atoms with Crippen molar-refractivity contribution in [1.29, 1.82) is 0 Å². The molecule has 0 saturated heterocycles. The van der Waals surface area contributed by atoms with Crippen molar-refractivity contribution in [2.45, 2.75) is 6.42 Å². The Morgan fingerprint density at radius 1 is 1.21 bits per heavy atom. The Morgan fingerprint density at radius 3 is 2.21 bits per heavy atom. The highest BCUT2D eigenvalue weighted by Gasteiger charge is 2.12. The molecule has 0 radical (unpaired) electrons. The molecule has 0 aliphatic carbocycles. The van der Waals surface area contributed by atoms with Crippen molar-refractivity contribution in [3.63, 3.8) is 0 Å². The summed E-state index contributed by atoms with van der Waals surface area (Å²) in [7, 11) is 6.69. The number of methoxy groups -OCH3 is 1. The molecule has 0 aromatic heterocycles. The van der Waals surface area contributed by atoms with Gasteiger partial charge in [0, 0.05) is 20.0 Å². The number of carbonyl (C=O) groups is 2. The third kappa shape index (κ3) is 5.53. The van der Waals surface area contributed by atoms with Crippen LogP contribution in [0.1, 0.15) is 6.42 Å². The van der Waals surface area contributed by atoms with Gasteiger partial charge >= 0.3 is 5.97 Å². The van der Waals surface area contributed by atoms with E-state index in [2.05, 4.69) is 4.74 Å². The molecule has 82 valence electrons. The van der Waals surface area contributed by atoms with Gasteiger partial charge in [-0.1, -0.05) is 0 Å². The molecule has 0 aliphatic heterocycles. The third-order valence-corrected chi connectivity index (χ3v) is 1.79. The number of amides is 1. The number of carbonyl (C=O) groups excluding carboxylic acids is 2. The molecular weight excluding hydrogens is 184 g/mol. The molecular formula is C9H18N2O3. The Balaban J connectivity index is 3.82. The Morgan fingerprint density at radius 2 is 1.79 bits per heavy atom. The van der Waals surface area contributed by atoms with Crippen molar-refractivity contribution < 1.29 is 14.3 Å². The maximum Gasteiger partial charge on any atom is 0.325 e. The maximum absolute atomic E-state index is 11.4. The van der Waals surface area contributed by atoms with Gasteiger partial charge in [-0.15, -0.1) is 0 Å². The van der Waals surface area contributed by atoms with Gasteiger partial charge in [-0.2, -0.15) is 0 Å². The monoisotopic (exact) mass is 202 g/mol. The highest BCUT2D eigenvalue weighted by Crippen LogP contribution is 1.92. The minimum absolute atomic E-state index is 0.0166. The predicted molar refractivity (Wildman–Crippen MR) is 52.8 cm³/mol. The second kappa shape index (κ2) is 6.37. The van der Waals surface area contributed by atoms with Crippen LogP contribution in [0.5, 0.6) is 0 Å². The lowest BCUT2D eigenvalue weighted by Crippen LogP contribution is -2.34. The van der Waals surface area contributed by atoms with E-state index in [1.807, 2.05) is 19.0 Å². The molecule has 0 heterocycles. The summed E-state index contributed by atoms with van der Waals surface area (Å²) in [5.41, 5.74) is 0. The molecule has 0 rings (SSSR count). The van der Waals surface area contributed by atoms with E-state index in [0.29, 0.717) is 13.0 Å². The van der Waals surface area contributed by atoms with E-state index >= 15 is 0 Å². The Kier molecular flexibility index (Phi) is 5.87. The molecule has 5 heteroatoms. The van der Waals surface area contributed by atoms with Gasteiger partial charge in [0.15, 0.2) is 0 Å². The lowest BCUT2D eigenvalue weighted by molar-refractivity contribution is -0.146. The second-order valence-corrected chi connectivity index (χ2v) is 3.38. The van der Waals surface area contributed by atoms with Gasteiger partial charge in [0.05, 0.1) is 7.11 Å². The molecule has 5 nitrogen and oxygen atoms in total. The van der Waals surface area contributed by atoms with Crippen LogP contribution in [-0.4, -0.2) is 63.0 Å². The van der Waals surface area contributed by atoms with Crippen LogP contribution in [-0.2, 0) is 14.3 Å². The molecule has 14 heavy (non-hydrogen) atoms. The van der Waals surface area contributed by atoms with Crippen molar-refractivity contribution in [3.05, 3.63) is 0 Å². The first-order valence-corrected chi connectivity index (χ1v) is 4.43. The molecule has 0 N–H and O–H groups in total. The minimum Gasteiger partial charge on any atom is -0.468 e. The van der Waals surface area contributed by atoms with Gasteiger partial charge in [0.2, 0.25) is 5.91 Å². The molecule has 0 bridgehead atoms. The van der Waals surface area contributed by atoms with Gasteiger partial charge in [-0.05, 0) is 14.1 Å². The zero-order chi connectivity index (χ0) is 11.1. The lowest BCUT2D eigenvalue weighted by atomic mass is 10.3. The zero-order valence-corrected chi connectivity index (χ0v) is 9.24. The molecule has 0 aromatic rings. The maximum atomic E-state index is 11.4. The first kappa shape index (κ1) is 12.9. The number of likely N-dealkylation sites (N-methyl/N-ethyl adjacent to an activating group) is 1. The summed E-state index contributed by atoms with van der Waals surface area (Å²) < 4.78 is 4.45. The van der Waals surface area contributed by atoms with E-state index in [0.717, 1.165) is 0 Å². The Hall–Kier alpha value is -1.10. The van der Waals surface area contributed by atoms with E-state index in [-0.39, 0.29) is 12.5 Å². The number of rotatable bonds is 5. The van der Waals surface area contributed by atoms with Crippen molar-refractivity contribution in [3.8, 4) is 0 Å². The predicted octanol–water partition coefficient (Wildman–Crippen LogP) is -0.430. The highest BCUT2D eigenvalue weighted by molar-refractivity contribution is 5.81. The third-order valence-electron chi connectivity index (χ3n) is 1.79. The fraction of sp³-hybridized carbons (Fsp3) is 0.778. The molecule has 0 atom stereocenters. The zero-order valence-electron chi connectivity index (χ0n) is 9.24. The Bertz CT molecular complexity index is 204. The number of nitrogens with zero attached hydrogens (tertiary/aromatic N) is 2. The highest BCUT2D eigenvalue weighted by atomic mass is 16.5. The average Bonchev–Trinajstić information content (AvgIpc) is 2.13. The first-order chi connectivity index (χ1) is 6.47. The second-order valence-electron chi connectivity index (χ2n) is 3.38. The van der Waals surface area contributed by atoms with Crippen molar-refractivity contribution in [1.82, 2.24) is 9.80 Å². The number of hydrogen-bond acceptors (Lipinski definition) is 4. The van der Waals surface area contributed by atoms with Gasteiger partial charge in [-0.25, -0.2) is 0 Å². The summed E-state index contributed by atoms with van der Waals surface area (Å²) in [5.74, 6) is -0.449. The van der Waals surface area contributed by atoms with Crippen LogP contribution in [0.15, 0.2) is 0 Å². The summed E-state index contributed by atoms with van der Waals surface area (Å²) in [6, 6.07) is 0. The molecule has 0 fully saturated rings. The van der Waals surface area contributed by atoms with Crippen LogP contribution >= 0.6 is 0 Å². The van der Waals surface area contributed by atoms with Gasteiger partial charge in [-0.3, -0.25) is 9.59 Å². The summed E-state index contributed by atoms with van der Waals surface area (Å²) >= 11 is 0. The molecule has 1 amide bonds. The van der Waals surface area contributed by atoms with Crippen molar-refractivity contribution >= 4 is 11.9 Å². The van der Waals surface area contributed by atoms with Crippen LogP contribution in [0.4, 0.5) is 0 Å². The van der Waals surface area contributed by atoms with E-state index < -0.39 is 5.97 Å². The number of esters is 1. The summed E-state index contributed by atoms with van der Waals surface area (Å²) in [5, 5.41) is 0. The fourth-order valence-corrected chi connectivity index (χ4v) is 0.856. The van der Waals surface area contributed by atoms with Gasteiger partial charge < -0.3 is 14.5 Å². The molecule has 0 aromatic carbocycles. The van der Waals surface area contributed by atoms with Crippen molar-refractivity contribution in [2.75, 3.05) is 41.3 Å². The lowest BCUT2D eigenvalue weighted by Gasteiger charge is -2.16. The first-order valence-electron chi connectivity index (χ1n) is 4.43. The van der Waals surface area contributed by atoms with Crippen LogP contribution in [0.25, 0.3) is 0 Å². The minimum atomic E-state index is -0.397. The summed E-state index contributed by atoms with van der Waals surface area (Å²) in [6.45, 7) is 0.701. The van der Waals surface area contributed by atoms with Crippen LogP contribution in [0.3, 0.4) is 0 Å². The van der Waals surface area contributed by atoms with E-state index in [1.54, 1.807) is 7.05 Å². The SMILES string of the molecule is COC(=O)CN(C)C(=O)CCN(C)C. The van der Waals surface area contributed by atoms with E-state index in [4.69, 9.17) is 0 Å². The number of hydrogen-bond donors (Lipinski definition) is 0. The van der Waals surface area contributed by atoms with Crippen molar-refractivity contribution in [2.24, 2.45) is 0 Å². The summed E-state index contributed by atoms with van der Waals surface area (Å²) in [4.78, 5) is 25.5. The quantitative estimate of drug-likeness (QED) is 0.568. The van der Waals surface area contributed by atoms with E-state index in [9.17, 15) is 9.59 Å². The largest absolute Gasteiger partial charge is 0.468 e. The Labute approximate surface area is 84.6 Å². The smallest absolute Gasteiger partial charge is 0.325 e. The standard InChI is InChI=1S/C9H18N2O3/c1-10(2)6-5-8(12)11(3)7-9(13)14-4/h5-7H2,1-4H3. The summed E-state index contributed by atoms with van der Waals surface area (Å²) in [6.07, 6.45) is 0.417. The average molecular weight is 202 g/mol. The molecule has 0 saturated carbocycles. The van der Waals surface area contributed by atoms with Gasteiger partial charge in [0.25, 0.3) is 0 Å². The van der Waals surface area contributed by atoms with Crippen LogP contribution in [0, 0.1) is 0 Å².